The first-order valence-corrected chi connectivity index (χ1v) is 9.81. The number of hydrogen-bond donors (Lipinski definition) is 2. The van der Waals surface area contributed by atoms with Gasteiger partial charge in [-0.1, -0.05) is 31.5 Å². The average molecular weight is 352 g/mol. The number of amides is 1. The van der Waals surface area contributed by atoms with Crippen molar-refractivity contribution >= 4 is 26.9 Å². The molecule has 0 saturated heterocycles. The molecule has 0 unspecified atom stereocenters. The SMILES string of the molecule is CCCCS(=O)(=O)N[C@H](C)C(=O)NCCc1cc2ccccc2o1. The van der Waals surface area contributed by atoms with Crippen molar-refractivity contribution < 1.29 is 17.6 Å². The van der Waals surface area contributed by atoms with Gasteiger partial charge in [-0.15, -0.1) is 0 Å². The smallest absolute Gasteiger partial charge is 0.237 e. The van der Waals surface area contributed by atoms with E-state index >= 15 is 0 Å². The van der Waals surface area contributed by atoms with Crippen LogP contribution in [-0.2, 0) is 21.2 Å². The molecule has 0 spiro atoms. The highest BCUT2D eigenvalue weighted by atomic mass is 32.2. The van der Waals surface area contributed by atoms with E-state index in [1.54, 1.807) is 6.92 Å². The fourth-order valence-electron chi connectivity index (χ4n) is 2.34. The molecule has 1 heterocycles. The van der Waals surface area contributed by atoms with Crippen molar-refractivity contribution in [2.24, 2.45) is 0 Å². The van der Waals surface area contributed by atoms with Gasteiger partial charge in [0.2, 0.25) is 15.9 Å². The van der Waals surface area contributed by atoms with Crippen molar-refractivity contribution in [3.8, 4) is 0 Å². The summed E-state index contributed by atoms with van der Waals surface area (Å²) in [5.41, 5.74) is 0.816. The van der Waals surface area contributed by atoms with E-state index in [1.165, 1.54) is 0 Å². The number of hydrogen-bond acceptors (Lipinski definition) is 4. The predicted molar refractivity (Wildman–Crippen MR) is 94.2 cm³/mol. The largest absolute Gasteiger partial charge is 0.461 e. The summed E-state index contributed by atoms with van der Waals surface area (Å²) < 4.78 is 31.7. The third-order valence-corrected chi connectivity index (χ3v) is 5.20. The van der Waals surface area contributed by atoms with Gasteiger partial charge in [0.15, 0.2) is 0 Å². The number of carbonyl (C=O) groups is 1. The van der Waals surface area contributed by atoms with Crippen molar-refractivity contribution in [1.82, 2.24) is 10.0 Å². The molecule has 132 valence electrons. The van der Waals surface area contributed by atoms with E-state index in [0.29, 0.717) is 19.4 Å². The minimum atomic E-state index is -3.41. The van der Waals surface area contributed by atoms with E-state index in [0.717, 1.165) is 23.2 Å². The van der Waals surface area contributed by atoms with Gasteiger partial charge in [0.1, 0.15) is 11.3 Å². The fourth-order valence-corrected chi connectivity index (χ4v) is 3.77. The molecule has 2 aromatic rings. The van der Waals surface area contributed by atoms with Crippen molar-refractivity contribution in [3.63, 3.8) is 0 Å². The molecule has 2 N–H and O–H groups in total. The van der Waals surface area contributed by atoms with E-state index < -0.39 is 16.1 Å². The lowest BCUT2D eigenvalue weighted by atomic mass is 10.2. The number of benzene rings is 1. The number of nitrogens with one attached hydrogen (secondary N) is 2. The summed E-state index contributed by atoms with van der Waals surface area (Å²) in [6.07, 6.45) is 1.92. The Bertz CT molecular complexity index is 750. The molecule has 0 aliphatic carbocycles. The Morgan fingerprint density at radius 2 is 2.04 bits per heavy atom. The molecule has 1 atom stereocenters. The molecule has 0 fully saturated rings. The van der Waals surface area contributed by atoms with E-state index in [9.17, 15) is 13.2 Å². The Hall–Kier alpha value is -1.86. The van der Waals surface area contributed by atoms with Crippen molar-refractivity contribution in [1.29, 1.82) is 0 Å². The molecular formula is C17H24N2O4S. The lowest BCUT2D eigenvalue weighted by molar-refractivity contribution is -0.122. The summed E-state index contributed by atoms with van der Waals surface area (Å²) in [6, 6.07) is 8.86. The number of carbonyl (C=O) groups excluding carboxylic acids is 1. The number of para-hydroxylation sites is 1. The third-order valence-electron chi connectivity index (χ3n) is 3.66. The number of sulfonamides is 1. The quantitative estimate of drug-likeness (QED) is 0.724. The van der Waals surface area contributed by atoms with Gasteiger partial charge in [0, 0.05) is 18.4 Å². The molecule has 0 radical (unpaired) electrons. The van der Waals surface area contributed by atoms with E-state index in [-0.39, 0.29) is 11.7 Å². The van der Waals surface area contributed by atoms with Crippen molar-refractivity contribution in [3.05, 3.63) is 36.1 Å². The number of fused-ring (bicyclic) bond motifs is 1. The van der Waals surface area contributed by atoms with Gasteiger partial charge in [-0.2, -0.15) is 0 Å². The second-order valence-electron chi connectivity index (χ2n) is 5.80. The van der Waals surface area contributed by atoms with Crippen LogP contribution in [0.1, 0.15) is 32.4 Å². The summed E-state index contributed by atoms with van der Waals surface area (Å²) in [7, 11) is -3.41. The van der Waals surface area contributed by atoms with Crippen LogP contribution in [0.2, 0.25) is 0 Å². The summed E-state index contributed by atoms with van der Waals surface area (Å²) in [4.78, 5) is 12.0. The minimum Gasteiger partial charge on any atom is -0.461 e. The Balaban J connectivity index is 1.79. The number of unbranched alkanes of at least 4 members (excludes halogenated alkanes) is 1. The van der Waals surface area contributed by atoms with Gasteiger partial charge in [0.05, 0.1) is 11.8 Å². The summed E-state index contributed by atoms with van der Waals surface area (Å²) in [5.74, 6) is 0.485. The number of rotatable bonds is 9. The summed E-state index contributed by atoms with van der Waals surface area (Å²) in [6.45, 7) is 3.85. The van der Waals surface area contributed by atoms with Crippen LogP contribution >= 0.6 is 0 Å². The van der Waals surface area contributed by atoms with Gasteiger partial charge in [-0.25, -0.2) is 13.1 Å². The zero-order valence-corrected chi connectivity index (χ0v) is 14.9. The topological polar surface area (TPSA) is 88.4 Å². The predicted octanol–water partition coefficient (Wildman–Crippen LogP) is 2.20. The highest BCUT2D eigenvalue weighted by molar-refractivity contribution is 7.89. The maximum atomic E-state index is 12.0. The van der Waals surface area contributed by atoms with Crippen molar-refractivity contribution in [2.45, 2.75) is 39.2 Å². The van der Waals surface area contributed by atoms with Crippen LogP contribution in [0.5, 0.6) is 0 Å². The summed E-state index contributed by atoms with van der Waals surface area (Å²) in [5, 5.41) is 3.75. The second kappa shape index (κ2) is 8.30. The highest BCUT2D eigenvalue weighted by Gasteiger charge is 2.19. The molecule has 1 aromatic heterocycles. The maximum Gasteiger partial charge on any atom is 0.237 e. The molecule has 0 bridgehead atoms. The molecule has 7 heteroatoms. The second-order valence-corrected chi connectivity index (χ2v) is 7.68. The lowest BCUT2D eigenvalue weighted by Gasteiger charge is -2.14. The lowest BCUT2D eigenvalue weighted by Crippen LogP contribution is -2.45. The van der Waals surface area contributed by atoms with Crippen LogP contribution in [-0.4, -0.2) is 32.7 Å². The van der Waals surface area contributed by atoms with Crippen molar-refractivity contribution in [2.75, 3.05) is 12.3 Å². The minimum absolute atomic E-state index is 0.0418. The Morgan fingerprint density at radius 3 is 2.75 bits per heavy atom. The van der Waals surface area contributed by atoms with Crippen LogP contribution in [0.25, 0.3) is 11.0 Å². The first-order valence-electron chi connectivity index (χ1n) is 8.16. The zero-order chi connectivity index (χ0) is 17.6. The Kier molecular flexibility index (Phi) is 6.39. The standard InChI is InChI=1S/C17H24N2O4S/c1-3-4-11-24(21,22)19-13(2)17(20)18-10-9-15-12-14-7-5-6-8-16(14)23-15/h5-8,12-13,19H,3-4,9-11H2,1-2H3,(H,18,20)/t13-/m1/s1. The van der Waals surface area contributed by atoms with Gasteiger partial charge in [-0.3, -0.25) is 4.79 Å². The monoisotopic (exact) mass is 352 g/mol. The summed E-state index contributed by atoms with van der Waals surface area (Å²) >= 11 is 0. The first-order chi connectivity index (χ1) is 11.4. The van der Waals surface area contributed by atoms with Crippen LogP contribution in [0.4, 0.5) is 0 Å². The maximum absolute atomic E-state index is 12.0. The van der Waals surface area contributed by atoms with Gasteiger partial charge in [-0.05, 0) is 25.5 Å². The third kappa shape index (κ3) is 5.35. The fraction of sp³-hybridized carbons (Fsp3) is 0.471. The van der Waals surface area contributed by atoms with Crippen LogP contribution in [0.15, 0.2) is 34.7 Å². The molecule has 1 amide bonds. The molecule has 1 aromatic carbocycles. The normalized spacial score (nSPS) is 13.1. The van der Waals surface area contributed by atoms with Gasteiger partial charge < -0.3 is 9.73 Å². The van der Waals surface area contributed by atoms with Crippen LogP contribution < -0.4 is 10.0 Å². The van der Waals surface area contributed by atoms with Crippen LogP contribution in [0, 0.1) is 0 Å². The van der Waals surface area contributed by atoms with Gasteiger partial charge in [0.25, 0.3) is 0 Å². The van der Waals surface area contributed by atoms with E-state index in [4.69, 9.17) is 4.42 Å². The molecule has 0 saturated carbocycles. The first kappa shape index (κ1) is 18.5. The average Bonchev–Trinajstić information content (AvgIpc) is 2.95. The molecule has 2 rings (SSSR count). The molecule has 0 aliphatic heterocycles. The van der Waals surface area contributed by atoms with Gasteiger partial charge >= 0.3 is 0 Å². The van der Waals surface area contributed by atoms with E-state index in [2.05, 4.69) is 10.0 Å². The molecule has 0 aliphatic rings. The number of furan rings is 1. The Morgan fingerprint density at radius 1 is 1.29 bits per heavy atom. The zero-order valence-electron chi connectivity index (χ0n) is 14.0. The van der Waals surface area contributed by atoms with E-state index in [1.807, 2.05) is 37.3 Å². The Labute approximate surface area is 142 Å². The van der Waals surface area contributed by atoms with Crippen LogP contribution in [0.3, 0.4) is 0 Å². The molecule has 24 heavy (non-hydrogen) atoms. The molecular weight excluding hydrogens is 328 g/mol. The molecule has 6 nitrogen and oxygen atoms in total. The highest BCUT2D eigenvalue weighted by Crippen LogP contribution is 2.18.